The van der Waals surface area contributed by atoms with Crippen LogP contribution in [0.2, 0.25) is 0 Å². The van der Waals surface area contributed by atoms with Gasteiger partial charge in [-0.3, -0.25) is 0 Å². The summed E-state index contributed by atoms with van der Waals surface area (Å²) in [4.78, 5) is 10.0. The van der Waals surface area contributed by atoms with E-state index in [2.05, 4.69) is 57.2 Å². The fraction of sp³-hybridized carbons (Fsp3) is 0.167. The van der Waals surface area contributed by atoms with E-state index in [0.717, 1.165) is 33.5 Å². The first kappa shape index (κ1) is 16.5. The lowest BCUT2D eigenvalue weighted by molar-refractivity contribution is 0.592. The van der Waals surface area contributed by atoms with Gasteiger partial charge in [-0.05, 0) is 23.1 Å². The van der Waals surface area contributed by atoms with Gasteiger partial charge in [0.05, 0.1) is 22.4 Å². The topological polar surface area (TPSA) is 25.8 Å². The number of aromatic nitrogens is 2. The minimum atomic E-state index is 0.0257. The molecule has 0 N–H and O–H groups in total. The number of hydrogen-bond acceptors (Lipinski definition) is 2. The highest BCUT2D eigenvalue weighted by molar-refractivity contribution is 5.87. The number of fused-ring (bicyclic) bond motifs is 1. The van der Waals surface area contributed by atoms with Crippen LogP contribution < -0.4 is 0 Å². The van der Waals surface area contributed by atoms with Crippen LogP contribution in [0.4, 0.5) is 0 Å². The molecule has 0 fully saturated rings. The van der Waals surface area contributed by atoms with E-state index in [0.29, 0.717) is 0 Å². The summed E-state index contributed by atoms with van der Waals surface area (Å²) in [5.74, 6) is 0. The maximum atomic E-state index is 5.03. The molecule has 0 saturated heterocycles. The molecule has 0 aliphatic heterocycles. The highest BCUT2D eigenvalue weighted by Crippen LogP contribution is 2.37. The van der Waals surface area contributed by atoms with Crippen molar-refractivity contribution in [2.45, 2.75) is 26.2 Å². The van der Waals surface area contributed by atoms with Crippen molar-refractivity contribution in [2.24, 2.45) is 0 Å². The van der Waals surface area contributed by atoms with Crippen LogP contribution in [0.25, 0.3) is 33.5 Å². The van der Waals surface area contributed by atoms with Crippen molar-refractivity contribution in [1.82, 2.24) is 9.97 Å². The van der Waals surface area contributed by atoms with Crippen molar-refractivity contribution in [3.8, 4) is 22.5 Å². The third-order valence-corrected chi connectivity index (χ3v) is 4.61. The monoisotopic (exact) mass is 338 g/mol. The summed E-state index contributed by atoms with van der Waals surface area (Å²) in [5, 5.41) is 0. The van der Waals surface area contributed by atoms with Crippen molar-refractivity contribution < 1.29 is 0 Å². The molecule has 0 atom stereocenters. The molecule has 0 radical (unpaired) electrons. The molecular formula is C24H22N2. The predicted molar refractivity (Wildman–Crippen MR) is 109 cm³/mol. The van der Waals surface area contributed by atoms with Gasteiger partial charge in [0.25, 0.3) is 0 Å². The van der Waals surface area contributed by atoms with Crippen LogP contribution in [-0.2, 0) is 5.41 Å². The van der Waals surface area contributed by atoms with Crippen molar-refractivity contribution in [1.29, 1.82) is 0 Å². The van der Waals surface area contributed by atoms with Crippen LogP contribution in [0.1, 0.15) is 26.3 Å². The molecule has 2 heteroatoms. The van der Waals surface area contributed by atoms with Crippen molar-refractivity contribution >= 4 is 11.0 Å². The average molecular weight is 338 g/mol. The van der Waals surface area contributed by atoms with Crippen LogP contribution in [0.5, 0.6) is 0 Å². The van der Waals surface area contributed by atoms with Crippen LogP contribution in [-0.4, -0.2) is 9.97 Å². The molecule has 0 amide bonds. The van der Waals surface area contributed by atoms with Gasteiger partial charge in [-0.1, -0.05) is 87.5 Å². The van der Waals surface area contributed by atoms with Gasteiger partial charge in [0.15, 0.2) is 0 Å². The summed E-state index contributed by atoms with van der Waals surface area (Å²) in [5.41, 5.74) is 7.26. The third kappa shape index (κ3) is 2.99. The fourth-order valence-corrected chi connectivity index (χ4v) is 3.33. The first-order valence-corrected chi connectivity index (χ1v) is 8.96. The van der Waals surface area contributed by atoms with E-state index in [-0.39, 0.29) is 5.41 Å². The first-order valence-electron chi connectivity index (χ1n) is 8.96. The summed E-state index contributed by atoms with van der Waals surface area (Å²) in [6.45, 7) is 6.72. The smallest absolute Gasteiger partial charge is 0.0976 e. The molecule has 4 aromatic rings. The van der Waals surface area contributed by atoms with Crippen LogP contribution >= 0.6 is 0 Å². The van der Waals surface area contributed by atoms with Gasteiger partial charge in [-0.2, -0.15) is 0 Å². The zero-order chi connectivity index (χ0) is 18.1. The minimum absolute atomic E-state index is 0.0257. The van der Waals surface area contributed by atoms with Gasteiger partial charge in [-0.15, -0.1) is 0 Å². The van der Waals surface area contributed by atoms with E-state index in [4.69, 9.17) is 9.97 Å². The highest BCUT2D eigenvalue weighted by atomic mass is 14.8. The number of para-hydroxylation sites is 2. The second kappa shape index (κ2) is 6.38. The zero-order valence-corrected chi connectivity index (χ0v) is 15.4. The molecule has 1 aromatic heterocycles. The molecule has 0 aliphatic carbocycles. The lowest BCUT2D eigenvalue weighted by atomic mass is 9.82. The van der Waals surface area contributed by atoms with E-state index in [9.17, 15) is 0 Å². The Kier molecular flexibility index (Phi) is 4.04. The van der Waals surface area contributed by atoms with Crippen LogP contribution in [0.3, 0.4) is 0 Å². The van der Waals surface area contributed by atoms with Crippen LogP contribution in [0.15, 0.2) is 78.9 Å². The highest BCUT2D eigenvalue weighted by Gasteiger charge is 2.22. The Labute approximate surface area is 154 Å². The van der Waals surface area contributed by atoms with Gasteiger partial charge in [-0.25, -0.2) is 9.97 Å². The van der Waals surface area contributed by atoms with Gasteiger partial charge in [0.2, 0.25) is 0 Å². The number of nitrogens with zero attached hydrogens (tertiary/aromatic N) is 2. The van der Waals surface area contributed by atoms with E-state index in [1.807, 2.05) is 42.5 Å². The fourth-order valence-electron chi connectivity index (χ4n) is 3.33. The third-order valence-electron chi connectivity index (χ3n) is 4.61. The lowest BCUT2D eigenvalue weighted by Gasteiger charge is -2.23. The summed E-state index contributed by atoms with van der Waals surface area (Å²) in [6.07, 6.45) is 0. The molecule has 0 spiro atoms. The summed E-state index contributed by atoms with van der Waals surface area (Å²) in [7, 11) is 0. The average Bonchev–Trinajstić information content (AvgIpc) is 2.67. The Morgan fingerprint density at radius 1 is 0.577 bits per heavy atom. The van der Waals surface area contributed by atoms with Gasteiger partial charge in [0, 0.05) is 11.1 Å². The summed E-state index contributed by atoms with van der Waals surface area (Å²) in [6, 6.07) is 26.9. The van der Waals surface area contributed by atoms with Crippen LogP contribution in [0, 0.1) is 0 Å². The zero-order valence-electron chi connectivity index (χ0n) is 15.4. The summed E-state index contributed by atoms with van der Waals surface area (Å²) >= 11 is 0. The van der Waals surface area contributed by atoms with Gasteiger partial charge >= 0.3 is 0 Å². The normalized spacial score (nSPS) is 11.7. The maximum absolute atomic E-state index is 5.03. The standard InChI is InChI=1S/C24H22N2/c1-24(2,3)19-14-8-7-13-18(19)23-22(17-11-5-4-6-12-17)25-20-15-9-10-16-21(20)26-23/h4-16H,1-3H3. The molecule has 26 heavy (non-hydrogen) atoms. The van der Waals surface area contributed by atoms with E-state index in [1.165, 1.54) is 5.56 Å². The Hall–Kier alpha value is -3.00. The van der Waals surface area contributed by atoms with Crippen molar-refractivity contribution in [2.75, 3.05) is 0 Å². The quantitative estimate of drug-likeness (QED) is 0.431. The Morgan fingerprint density at radius 3 is 1.77 bits per heavy atom. The molecule has 0 unspecified atom stereocenters. The Morgan fingerprint density at radius 2 is 1.12 bits per heavy atom. The van der Waals surface area contributed by atoms with Crippen molar-refractivity contribution in [3.05, 3.63) is 84.4 Å². The molecule has 128 valence electrons. The second-order valence-electron chi connectivity index (χ2n) is 7.57. The van der Waals surface area contributed by atoms with Crippen molar-refractivity contribution in [3.63, 3.8) is 0 Å². The maximum Gasteiger partial charge on any atom is 0.0976 e. The Balaban J connectivity index is 2.07. The molecule has 2 nitrogen and oxygen atoms in total. The summed E-state index contributed by atoms with van der Waals surface area (Å²) < 4.78 is 0. The van der Waals surface area contributed by atoms with Gasteiger partial charge < -0.3 is 0 Å². The number of hydrogen-bond donors (Lipinski definition) is 0. The molecule has 0 bridgehead atoms. The number of rotatable bonds is 2. The second-order valence-corrected chi connectivity index (χ2v) is 7.57. The minimum Gasteiger partial charge on any atom is -0.244 e. The predicted octanol–water partition coefficient (Wildman–Crippen LogP) is 6.26. The molecule has 4 rings (SSSR count). The number of benzene rings is 3. The van der Waals surface area contributed by atoms with Gasteiger partial charge in [0.1, 0.15) is 0 Å². The van der Waals surface area contributed by atoms with E-state index < -0.39 is 0 Å². The molecule has 3 aromatic carbocycles. The largest absolute Gasteiger partial charge is 0.244 e. The molecular weight excluding hydrogens is 316 g/mol. The molecule has 0 saturated carbocycles. The van der Waals surface area contributed by atoms with E-state index >= 15 is 0 Å². The SMILES string of the molecule is CC(C)(C)c1ccccc1-c1nc2ccccc2nc1-c1ccccc1. The molecule has 0 aliphatic rings. The lowest BCUT2D eigenvalue weighted by Crippen LogP contribution is -2.13. The Bertz CT molecular complexity index is 1060. The van der Waals surface area contributed by atoms with E-state index in [1.54, 1.807) is 0 Å². The molecule has 1 heterocycles. The first-order chi connectivity index (χ1) is 12.5.